The molecule has 3 rings (SSSR count). The minimum absolute atomic E-state index is 0.0791. The number of nitrogens with one attached hydrogen (secondary N) is 1. The van der Waals surface area contributed by atoms with E-state index in [1.54, 1.807) is 18.9 Å². The number of urea groups is 1. The van der Waals surface area contributed by atoms with Crippen molar-refractivity contribution in [1.82, 2.24) is 4.90 Å². The number of carbonyl (C=O) groups is 1. The van der Waals surface area contributed by atoms with E-state index in [-0.39, 0.29) is 12.1 Å². The molecule has 0 saturated carbocycles. The highest BCUT2D eigenvalue weighted by molar-refractivity contribution is 7.98. The fourth-order valence-corrected chi connectivity index (χ4v) is 3.79. The van der Waals surface area contributed by atoms with Gasteiger partial charge in [0.1, 0.15) is 6.61 Å². The van der Waals surface area contributed by atoms with Crippen LogP contribution in [-0.4, -0.2) is 30.3 Å². The Bertz CT molecular complexity index is 1030. The second kappa shape index (κ2) is 12.2. The number of nitrogens with zero attached hydrogens (tertiary/aromatic N) is 1. The summed E-state index contributed by atoms with van der Waals surface area (Å²) in [5.41, 5.74) is 2.86. The van der Waals surface area contributed by atoms with Crippen LogP contribution in [0.3, 0.4) is 0 Å². The number of carbonyl (C=O) groups excluding carboxylic acids is 1. The molecule has 33 heavy (non-hydrogen) atoms. The molecule has 1 unspecified atom stereocenters. The van der Waals surface area contributed by atoms with Gasteiger partial charge in [-0.3, -0.25) is 0 Å². The lowest BCUT2D eigenvalue weighted by Crippen LogP contribution is -2.40. The molecule has 0 aliphatic heterocycles. The Labute approximate surface area is 201 Å². The Morgan fingerprint density at radius 3 is 2.36 bits per heavy atom. The summed E-state index contributed by atoms with van der Waals surface area (Å²) in [5, 5.41) is 3.03. The number of amides is 2. The van der Waals surface area contributed by atoms with Crippen molar-refractivity contribution in [2.24, 2.45) is 0 Å². The molecule has 174 valence electrons. The Morgan fingerprint density at radius 1 is 1.00 bits per heavy atom. The zero-order chi connectivity index (χ0) is 23.6. The molecule has 0 saturated heterocycles. The van der Waals surface area contributed by atoms with Crippen LogP contribution in [-0.2, 0) is 13.2 Å². The van der Waals surface area contributed by atoms with E-state index in [1.165, 1.54) is 0 Å². The number of hydrogen-bond donors (Lipinski definition) is 1. The summed E-state index contributed by atoms with van der Waals surface area (Å²) in [7, 11) is 1.63. The zero-order valence-corrected chi connectivity index (χ0v) is 20.5. The van der Waals surface area contributed by atoms with Gasteiger partial charge in [0.05, 0.1) is 7.11 Å². The van der Waals surface area contributed by atoms with Crippen LogP contribution in [0, 0.1) is 0 Å². The molecule has 0 radical (unpaired) electrons. The van der Waals surface area contributed by atoms with E-state index in [1.807, 2.05) is 84.0 Å². The molecule has 3 aromatic carbocycles. The highest BCUT2D eigenvalue weighted by Crippen LogP contribution is 2.30. The maximum absolute atomic E-state index is 13.1. The fourth-order valence-electron chi connectivity index (χ4n) is 3.38. The van der Waals surface area contributed by atoms with Gasteiger partial charge < -0.3 is 19.7 Å². The lowest BCUT2D eigenvalue weighted by Gasteiger charge is -2.29. The van der Waals surface area contributed by atoms with E-state index in [0.29, 0.717) is 24.7 Å². The Kier molecular flexibility index (Phi) is 9.07. The van der Waals surface area contributed by atoms with E-state index in [9.17, 15) is 4.79 Å². The first-order valence-electron chi connectivity index (χ1n) is 11.1. The van der Waals surface area contributed by atoms with Crippen LogP contribution in [0.2, 0.25) is 0 Å². The molecule has 6 heteroatoms. The quantitative estimate of drug-likeness (QED) is 0.334. The minimum atomic E-state index is -0.121. The Morgan fingerprint density at radius 2 is 1.73 bits per heavy atom. The number of hydrogen-bond acceptors (Lipinski definition) is 4. The smallest absolute Gasteiger partial charge is 0.322 e. The molecule has 0 fully saturated rings. The van der Waals surface area contributed by atoms with Crippen molar-refractivity contribution in [2.75, 3.05) is 18.7 Å². The number of thioether (sulfide) groups is 1. The highest BCUT2D eigenvalue weighted by Gasteiger charge is 2.20. The van der Waals surface area contributed by atoms with Gasteiger partial charge in [0.2, 0.25) is 0 Å². The van der Waals surface area contributed by atoms with Crippen molar-refractivity contribution < 1.29 is 14.3 Å². The summed E-state index contributed by atoms with van der Waals surface area (Å²) < 4.78 is 11.5. The van der Waals surface area contributed by atoms with Crippen LogP contribution < -0.4 is 14.8 Å². The number of methoxy groups -OCH3 is 1. The lowest BCUT2D eigenvalue weighted by molar-refractivity contribution is 0.187. The van der Waals surface area contributed by atoms with Crippen molar-refractivity contribution in [3.63, 3.8) is 0 Å². The molecule has 1 N–H and O–H groups in total. The summed E-state index contributed by atoms with van der Waals surface area (Å²) in [5.74, 6) is 1.33. The first-order valence-corrected chi connectivity index (χ1v) is 12.3. The van der Waals surface area contributed by atoms with Crippen molar-refractivity contribution in [3.05, 3.63) is 83.9 Å². The average Bonchev–Trinajstić information content (AvgIpc) is 2.86. The lowest BCUT2D eigenvalue weighted by atomic mass is 10.1. The number of anilines is 1. The van der Waals surface area contributed by atoms with Crippen molar-refractivity contribution in [1.29, 1.82) is 0 Å². The monoisotopic (exact) mass is 464 g/mol. The zero-order valence-electron chi connectivity index (χ0n) is 19.7. The van der Waals surface area contributed by atoms with Gasteiger partial charge in [0.25, 0.3) is 0 Å². The van der Waals surface area contributed by atoms with Crippen molar-refractivity contribution in [2.45, 2.75) is 44.4 Å². The molecular weight excluding hydrogens is 432 g/mol. The summed E-state index contributed by atoms with van der Waals surface area (Å²) in [4.78, 5) is 16.1. The second-order valence-corrected chi connectivity index (χ2v) is 8.68. The predicted molar refractivity (Wildman–Crippen MR) is 136 cm³/mol. The van der Waals surface area contributed by atoms with Crippen LogP contribution in [0.5, 0.6) is 11.5 Å². The number of benzene rings is 3. The highest BCUT2D eigenvalue weighted by atomic mass is 32.2. The van der Waals surface area contributed by atoms with Gasteiger partial charge in [0, 0.05) is 23.2 Å². The summed E-state index contributed by atoms with van der Waals surface area (Å²) >= 11 is 1.67. The molecule has 0 spiro atoms. The van der Waals surface area contributed by atoms with Crippen LogP contribution in [0.4, 0.5) is 10.5 Å². The largest absolute Gasteiger partial charge is 0.493 e. The summed E-state index contributed by atoms with van der Waals surface area (Å²) in [6.45, 7) is 5.08. The molecule has 0 bridgehead atoms. The SMILES string of the molecule is CCC(C)N(Cc1ccc(OCc2ccccc2)c(OC)c1)C(=O)Nc1ccc(SC)cc1. The Hall–Kier alpha value is -3.12. The molecular formula is C27H32N2O3S. The van der Waals surface area contributed by atoms with E-state index in [0.717, 1.165) is 28.1 Å². The summed E-state index contributed by atoms with van der Waals surface area (Å²) in [6, 6.07) is 23.7. The van der Waals surface area contributed by atoms with E-state index < -0.39 is 0 Å². The number of ether oxygens (including phenoxy) is 2. The van der Waals surface area contributed by atoms with Gasteiger partial charge in [-0.15, -0.1) is 11.8 Å². The molecule has 0 aromatic heterocycles. The van der Waals surface area contributed by atoms with Gasteiger partial charge in [-0.1, -0.05) is 43.3 Å². The molecule has 3 aromatic rings. The topological polar surface area (TPSA) is 50.8 Å². The average molecular weight is 465 g/mol. The van der Waals surface area contributed by atoms with E-state index in [4.69, 9.17) is 9.47 Å². The maximum Gasteiger partial charge on any atom is 0.322 e. The second-order valence-electron chi connectivity index (χ2n) is 7.80. The third-order valence-electron chi connectivity index (χ3n) is 5.54. The van der Waals surface area contributed by atoms with Crippen molar-refractivity contribution in [3.8, 4) is 11.5 Å². The van der Waals surface area contributed by atoms with Crippen LogP contribution in [0.1, 0.15) is 31.4 Å². The van der Waals surface area contributed by atoms with Gasteiger partial charge in [0.15, 0.2) is 11.5 Å². The van der Waals surface area contributed by atoms with Crippen LogP contribution in [0.25, 0.3) is 0 Å². The molecule has 0 aliphatic carbocycles. The third-order valence-corrected chi connectivity index (χ3v) is 6.29. The van der Waals surface area contributed by atoms with Crippen LogP contribution in [0.15, 0.2) is 77.7 Å². The molecule has 0 heterocycles. The van der Waals surface area contributed by atoms with Crippen molar-refractivity contribution >= 4 is 23.5 Å². The normalized spacial score (nSPS) is 11.5. The van der Waals surface area contributed by atoms with E-state index in [2.05, 4.69) is 19.2 Å². The molecule has 1 atom stereocenters. The van der Waals surface area contributed by atoms with Gasteiger partial charge in [-0.2, -0.15) is 0 Å². The van der Waals surface area contributed by atoms with E-state index >= 15 is 0 Å². The van der Waals surface area contributed by atoms with Crippen LogP contribution >= 0.6 is 11.8 Å². The predicted octanol–water partition coefficient (Wildman–Crippen LogP) is 6.83. The number of rotatable bonds is 10. The molecule has 5 nitrogen and oxygen atoms in total. The standard InChI is InChI=1S/C27H32N2O3S/c1-5-20(2)29(27(30)28-23-12-14-24(33-4)15-13-23)18-22-11-16-25(26(17-22)31-3)32-19-21-9-7-6-8-10-21/h6-17,20H,5,18-19H2,1-4H3,(H,28,30). The maximum atomic E-state index is 13.1. The first kappa shape index (κ1) is 24.5. The van der Waals surface area contributed by atoms with Gasteiger partial charge in [-0.05, 0) is 67.1 Å². The molecule has 0 aliphatic rings. The fraction of sp³-hybridized carbons (Fsp3) is 0.296. The molecule has 2 amide bonds. The first-order chi connectivity index (χ1) is 16.0. The Balaban J connectivity index is 1.71. The van der Waals surface area contributed by atoms with Gasteiger partial charge in [-0.25, -0.2) is 4.79 Å². The minimum Gasteiger partial charge on any atom is -0.493 e. The summed E-state index contributed by atoms with van der Waals surface area (Å²) in [6.07, 6.45) is 2.89. The third kappa shape index (κ3) is 6.93. The van der Waals surface area contributed by atoms with Gasteiger partial charge >= 0.3 is 6.03 Å².